The van der Waals surface area contributed by atoms with Crippen molar-refractivity contribution >= 4 is 11.6 Å². The first kappa shape index (κ1) is 16.5. The summed E-state index contributed by atoms with van der Waals surface area (Å²) in [5.41, 5.74) is 2.30. The second kappa shape index (κ2) is 7.93. The molecule has 0 saturated heterocycles. The fourth-order valence-corrected chi connectivity index (χ4v) is 2.15. The molecule has 2 atom stereocenters. The van der Waals surface area contributed by atoms with Crippen molar-refractivity contribution in [2.24, 2.45) is 0 Å². The molecular weight excluding hydrogens is 248 g/mol. The van der Waals surface area contributed by atoms with Crippen molar-refractivity contribution in [3.8, 4) is 0 Å². The molecule has 0 spiro atoms. The lowest BCUT2D eigenvalue weighted by Gasteiger charge is -2.19. The van der Waals surface area contributed by atoms with E-state index in [0.717, 1.165) is 18.5 Å². The van der Waals surface area contributed by atoms with E-state index in [1.54, 1.807) is 0 Å². The van der Waals surface area contributed by atoms with Gasteiger partial charge in [-0.2, -0.15) is 0 Å². The van der Waals surface area contributed by atoms with Gasteiger partial charge in [0.15, 0.2) is 0 Å². The largest absolute Gasteiger partial charge is 0.374 e. The zero-order valence-electron chi connectivity index (χ0n) is 13.4. The minimum Gasteiger partial charge on any atom is -0.374 e. The summed E-state index contributed by atoms with van der Waals surface area (Å²) in [6.45, 7) is 10.4. The molecule has 20 heavy (non-hydrogen) atoms. The van der Waals surface area contributed by atoms with Crippen LogP contribution in [0.2, 0.25) is 0 Å². The quantitative estimate of drug-likeness (QED) is 0.792. The van der Waals surface area contributed by atoms with Gasteiger partial charge in [0.1, 0.15) is 6.04 Å². The van der Waals surface area contributed by atoms with Crippen molar-refractivity contribution in [1.82, 2.24) is 5.32 Å². The number of rotatable bonds is 7. The van der Waals surface area contributed by atoms with Crippen molar-refractivity contribution in [2.45, 2.75) is 65.5 Å². The molecule has 1 amide bonds. The third kappa shape index (κ3) is 5.24. The van der Waals surface area contributed by atoms with Crippen LogP contribution in [0.4, 0.5) is 5.69 Å². The van der Waals surface area contributed by atoms with E-state index >= 15 is 0 Å². The van der Waals surface area contributed by atoms with E-state index in [9.17, 15) is 4.79 Å². The van der Waals surface area contributed by atoms with Gasteiger partial charge in [0.2, 0.25) is 5.91 Å². The van der Waals surface area contributed by atoms with Gasteiger partial charge in [-0.15, -0.1) is 0 Å². The van der Waals surface area contributed by atoms with E-state index in [1.165, 1.54) is 5.56 Å². The van der Waals surface area contributed by atoms with Gasteiger partial charge < -0.3 is 10.6 Å². The number of carbonyl (C=O) groups excluding carboxylic acids is 1. The van der Waals surface area contributed by atoms with Crippen molar-refractivity contribution < 1.29 is 4.79 Å². The summed E-state index contributed by atoms with van der Waals surface area (Å²) in [6.07, 6.45) is 2.10. The molecule has 1 rings (SSSR count). The summed E-state index contributed by atoms with van der Waals surface area (Å²) >= 11 is 0. The van der Waals surface area contributed by atoms with Gasteiger partial charge in [0.05, 0.1) is 0 Å². The summed E-state index contributed by atoms with van der Waals surface area (Å²) in [5.74, 6) is 0.582. The van der Waals surface area contributed by atoms with E-state index in [4.69, 9.17) is 0 Å². The van der Waals surface area contributed by atoms with Crippen molar-refractivity contribution in [2.75, 3.05) is 5.32 Å². The number of hydrogen-bond donors (Lipinski definition) is 2. The van der Waals surface area contributed by atoms with Gasteiger partial charge in [-0.3, -0.25) is 4.79 Å². The van der Waals surface area contributed by atoms with Gasteiger partial charge in [-0.05, 0) is 43.9 Å². The van der Waals surface area contributed by atoms with Crippen LogP contribution in [0.3, 0.4) is 0 Å². The molecule has 3 heteroatoms. The summed E-state index contributed by atoms with van der Waals surface area (Å²) in [4.78, 5) is 12.0. The predicted molar refractivity (Wildman–Crippen MR) is 86.1 cm³/mol. The van der Waals surface area contributed by atoms with Crippen LogP contribution < -0.4 is 10.6 Å². The number of nitrogens with one attached hydrogen (secondary N) is 2. The molecule has 0 aliphatic carbocycles. The molecule has 0 aliphatic rings. The molecule has 2 N–H and O–H groups in total. The van der Waals surface area contributed by atoms with Crippen LogP contribution >= 0.6 is 0 Å². The average Bonchev–Trinajstić information content (AvgIpc) is 2.39. The van der Waals surface area contributed by atoms with Crippen LogP contribution in [0.15, 0.2) is 24.3 Å². The van der Waals surface area contributed by atoms with Gasteiger partial charge in [0.25, 0.3) is 0 Å². The van der Waals surface area contributed by atoms with E-state index in [-0.39, 0.29) is 18.0 Å². The Hall–Kier alpha value is -1.51. The van der Waals surface area contributed by atoms with Crippen molar-refractivity contribution in [3.63, 3.8) is 0 Å². The fraction of sp³-hybridized carbons (Fsp3) is 0.588. The van der Waals surface area contributed by atoms with Crippen molar-refractivity contribution in [3.05, 3.63) is 29.8 Å². The maximum Gasteiger partial charge on any atom is 0.242 e. The Morgan fingerprint density at radius 3 is 2.20 bits per heavy atom. The number of anilines is 1. The average molecular weight is 276 g/mol. The SMILES string of the molecule is CCCC(C)NC(=O)C(C)Nc1ccc(C(C)C)cc1. The Labute approximate surface area is 123 Å². The Morgan fingerprint density at radius 1 is 1.10 bits per heavy atom. The van der Waals surface area contributed by atoms with Gasteiger partial charge in [-0.1, -0.05) is 39.3 Å². The molecule has 0 bridgehead atoms. The Morgan fingerprint density at radius 2 is 1.70 bits per heavy atom. The Balaban J connectivity index is 2.52. The maximum atomic E-state index is 12.0. The number of amides is 1. The highest BCUT2D eigenvalue weighted by molar-refractivity contribution is 5.84. The second-order valence-corrected chi connectivity index (χ2v) is 5.84. The molecule has 3 nitrogen and oxygen atoms in total. The first-order valence-electron chi connectivity index (χ1n) is 7.60. The number of carbonyl (C=O) groups is 1. The number of benzene rings is 1. The molecule has 1 aromatic rings. The summed E-state index contributed by atoms with van der Waals surface area (Å²) < 4.78 is 0. The molecule has 0 aromatic heterocycles. The maximum absolute atomic E-state index is 12.0. The summed E-state index contributed by atoms with van der Waals surface area (Å²) in [7, 11) is 0. The molecule has 0 fully saturated rings. The fourth-order valence-electron chi connectivity index (χ4n) is 2.15. The van der Waals surface area contributed by atoms with E-state index in [0.29, 0.717) is 5.92 Å². The van der Waals surface area contributed by atoms with E-state index in [2.05, 4.69) is 43.5 Å². The van der Waals surface area contributed by atoms with E-state index < -0.39 is 0 Å². The van der Waals surface area contributed by atoms with Crippen LogP contribution in [0.1, 0.15) is 58.9 Å². The van der Waals surface area contributed by atoms with Gasteiger partial charge in [-0.25, -0.2) is 0 Å². The lowest BCUT2D eigenvalue weighted by atomic mass is 10.0. The second-order valence-electron chi connectivity index (χ2n) is 5.84. The lowest BCUT2D eigenvalue weighted by molar-refractivity contribution is -0.122. The monoisotopic (exact) mass is 276 g/mol. The Kier molecular flexibility index (Phi) is 6.56. The zero-order valence-corrected chi connectivity index (χ0v) is 13.4. The topological polar surface area (TPSA) is 41.1 Å². The van der Waals surface area contributed by atoms with Crippen LogP contribution in [0.25, 0.3) is 0 Å². The molecule has 112 valence electrons. The standard InChI is InChI=1S/C17H28N2O/c1-6-7-13(4)18-17(20)14(5)19-16-10-8-15(9-11-16)12(2)3/h8-14,19H,6-7H2,1-5H3,(H,18,20). The normalized spacial score (nSPS) is 13.9. The minimum atomic E-state index is -0.223. The highest BCUT2D eigenvalue weighted by atomic mass is 16.2. The zero-order chi connectivity index (χ0) is 15.1. The number of hydrogen-bond acceptors (Lipinski definition) is 2. The van der Waals surface area contributed by atoms with Crippen molar-refractivity contribution in [1.29, 1.82) is 0 Å². The molecule has 0 heterocycles. The predicted octanol–water partition coefficient (Wildman–Crippen LogP) is 3.92. The molecule has 1 aromatic carbocycles. The van der Waals surface area contributed by atoms with Crippen LogP contribution in [-0.4, -0.2) is 18.0 Å². The van der Waals surface area contributed by atoms with Crippen LogP contribution in [-0.2, 0) is 4.79 Å². The molecule has 0 saturated carbocycles. The third-order valence-electron chi connectivity index (χ3n) is 3.46. The smallest absolute Gasteiger partial charge is 0.242 e. The highest BCUT2D eigenvalue weighted by Gasteiger charge is 2.14. The molecule has 2 unspecified atom stereocenters. The van der Waals surface area contributed by atoms with Gasteiger partial charge >= 0.3 is 0 Å². The minimum absolute atomic E-state index is 0.0545. The summed E-state index contributed by atoms with van der Waals surface area (Å²) in [5, 5.41) is 6.27. The highest BCUT2D eigenvalue weighted by Crippen LogP contribution is 2.17. The molecule has 0 aliphatic heterocycles. The molecular formula is C17H28N2O. The van der Waals surface area contributed by atoms with E-state index in [1.807, 2.05) is 26.0 Å². The third-order valence-corrected chi connectivity index (χ3v) is 3.46. The van der Waals surface area contributed by atoms with Crippen LogP contribution in [0.5, 0.6) is 0 Å². The van der Waals surface area contributed by atoms with Gasteiger partial charge in [0, 0.05) is 11.7 Å². The molecule has 0 radical (unpaired) electrons. The first-order valence-corrected chi connectivity index (χ1v) is 7.60. The lowest BCUT2D eigenvalue weighted by Crippen LogP contribution is -2.42. The van der Waals surface area contributed by atoms with Crippen LogP contribution in [0, 0.1) is 0 Å². The summed E-state index contributed by atoms with van der Waals surface area (Å²) in [6, 6.07) is 8.30. The Bertz CT molecular complexity index is 412. The first-order chi connectivity index (χ1) is 9.43.